The van der Waals surface area contributed by atoms with E-state index in [0.29, 0.717) is 17.2 Å². The predicted octanol–water partition coefficient (Wildman–Crippen LogP) is 5.79. The minimum absolute atomic E-state index is 0.208. The third-order valence-corrected chi connectivity index (χ3v) is 4.54. The molecule has 0 aliphatic heterocycles. The molecule has 0 radical (unpaired) electrons. The largest absolute Gasteiger partial charge is 0.457 e. The summed E-state index contributed by atoms with van der Waals surface area (Å²) in [6.45, 7) is 4.48. The number of carbonyl (C=O) groups excluding carboxylic acids is 2. The van der Waals surface area contributed by atoms with Gasteiger partial charge in [0.15, 0.2) is 0 Å². The van der Waals surface area contributed by atoms with E-state index in [1.54, 1.807) is 30.3 Å². The molecule has 0 saturated heterocycles. The summed E-state index contributed by atoms with van der Waals surface area (Å²) in [5, 5.41) is 0. The molecule has 4 heteroatoms. The molecule has 0 atom stereocenters. The summed E-state index contributed by atoms with van der Waals surface area (Å²) in [5.74, 6) is -0.0881. The molecule has 0 fully saturated rings. The highest BCUT2D eigenvalue weighted by molar-refractivity contribution is 5.90. The standard InChI is InChI=1S/C26H24O4/c1-19(2)22-11-8-20(9-12-22)10-17-25(27)30-24-15-13-23(14-16-24)26(28)29-18-21-6-4-3-5-7-21/h3-17,19H,18H2,1-2H3/b17-10+. The van der Waals surface area contributed by atoms with Crippen LogP contribution in [-0.4, -0.2) is 11.9 Å². The van der Waals surface area contributed by atoms with Crippen molar-refractivity contribution < 1.29 is 19.1 Å². The third kappa shape index (κ3) is 6.17. The van der Waals surface area contributed by atoms with Crippen LogP contribution < -0.4 is 4.74 Å². The summed E-state index contributed by atoms with van der Waals surface area (Å²) in [6.07, 6.45) is 3.09. The van der Waals surface area contributed by atoms with Gasteiger partial charge >= 0.3 is 11.9 Å². The number of rotatable bonds is 7. The Kier molecular flexibility index (Phi) is 7.17. The van der Waals surface area contributed by atoms with Crippen molar-refractivity contribution >= 4 is 18.0 Å². The van der Waals surface area contributed by atoms with Crippen molar-refractivity contribution in [3.63, 3.8) is 0 Å². The fourth-order valence-electron chi connectivity index (χ4n) is 2.77. The highest BCUT2D eigenvalue weighted by Crippen LogP contribution is 2.16. The van der Waals surface area contributed by atoms with E-state index in [-0.39, 0.29) is 6.61 Å². The van der Waals surface area contributed by atoms with Crippen molar-refractivity contribution in [2.75, 3.05) is 0 Å². The molecule has 0 aliphatic carbocycles. The first kappa shape index (κ1) is 21.1. The summed E-state index contributed by atoms with van der Waals surface area (Å²) in [5.41, 5.74) is 3.48. The molecule has 0 bridgehead atoms. The van der Waals surface area contributed by atoms with Crippen molar-refractivity contribution in [2.24, 2.45) is 0 Å². The van der Waals surface area contributed by atoms with Crippen molar-refractivity contribution in [1.82, 2.24) is 0 Å². The second-order valence-corrected chi connectivity index (χ2v) is 7.16. The van der Waals surface area contributed by atoms with Crippen molar-refractivity contribution in [1.29, 1.82) is 0 Å². The molecule has 3 aromatic carbocycles. The lowest BCUT2D eigenvalue weighted by atomic mass is 10.0. The first-order valence-corrected chi connectivity index (χ1v) is 9.82. The fraction of sp³-hybridized carbons (Fsp3) is 0.154. The van der Waals surface area contributed by atoms with Gasteiger partial charge in [0, 0.05) is 6.08 Å². The molecule has 3 aromatic rings. The molecule has 0 saturated carbocycles. The maximum absolute atomic E-state index is 12.1. The Morgan fingerprint density at radius 2 is 1.53 bits per heavy atom. The van der Waals surface area contributed by atoms with Crippen LogP contribution in [0.1, 0.15) is 46.8 Å². The topological polar surface area (TPSA) is 52.6 Å². The van der Waals surface area contributed by atoms with Crippen LogP contribution in [0.15, 0.2) is 84.9 Å². The van der Waals surface area contributed by atoms with Gasteiger partial charge in [0.25, 0.3) is 0 Å². The Labute approximate surface area is 176 Å². The van der Waals surface area contributed by atoms with Crippen LogP contribution in [0, 0.1) is 0 Å². The first-order chi connectivity index (χ1) is 14.5. The Morgan fingerprint density at radius 1 is 0.867 bits per heavy atom. The van der Waals surface area contributed by atoms with Crippen LogP contribution in [0.3, 0.4) is 0 Å². The molecule has 152 valence electrons. The summed E-state index contributed by atoms with van der Waals surface area (Å²) >= 11 is 0. The summed E-state index contributed by atoms with van der Waals surface area (Å²) in [6, 6.07) is 23.8. The molecule has 0 spiro atoms. The minimum Gasteiger partial charge on any atom is -0.457 e. The number of hydrogen-bond donors (Lipinski definition) is 0. The van der Waals surface area contributed by atoms with Gasteiger partial charge < -0.3 is 9.47 Å². The molecule has 3 rings (SSSR count). The first-order valence-electron chi connectivity index (χ1n) is 9.82. The van der Waals surface area contributed by atoms with Crippen LogP contribution in [-0.2, 0) is 16.1 Å². The second-order valence-electron chi connectivity index (χ2n) is 7.16. The monoisotopic (exact) mass is 400 g/mol. The predicted molar refractivity (Wildman–Crippen MR) is 117 cm³/mol. The number of carbonyl (C=O) groups is 2. The molecule has 0 amide bonds. The fourth-order valence-corrected chi connectivity index (χ4v) is 2.77. The Balaban J connectivity index is 1.51. The normalized spacial score (nSPS) is 10.9. The molecule has 0 unspecified atom stereocenters. The van der Waals surface area contributed by atoms with Gasteiger partial charge in [0.2, 0.25) is 0 Å². The van der Waals surface area contributed by atoms with Gasteiger partial charge in [0.05, 0.1) is 5.56 Å². The van der Waals surface area contributed by atoms with Gasteiger partial charge in [-0.15, -0.1) is 0 Å². The average molecular weight is 400 g/mol. The van der Waals surface area contributed by atoms with E-state index in [1.807, 2.05) is 54.6 Å². The van der Waals surface area contributed by atoms with Crippen LogP contribution >= 0.6 is 0 Å². The third-order valence-electron chi connectivity index (χ3n) is 4.54. The van der Waals surface area contributed by atoms with Gasteiger partial charge in [0.1, 0.15) is 12.4 Å². The summed E-state index contributed by atoms with van der Waals surface area (Å²) in [7, 11) is 0. The maximum Gasteiger partial charge on any atom is 0.338 e. The smallest absolute Gasteiger partial charge is 0.338 e. The van der Waals surface area contributed by atoms with E-state index < -0.39 is 11.9 Å². The molecule has 0 heterocycles. The molecule has 0 N–H and O–H groups in total. The van der Waals surface area contributed by atoms with Crippen LogP contribution in [0.4, 0.5) is 0 Å². The second kappa shape index (κ2) is 10.2. The van der Waals surface area contributed by atoms with Gasteiger partial charge in [-0.2, -0.15) is 0 Å². The van der Waals surface area contributed by atoms with Crippen LogP contribution in [0.5, 0.6) is 5.75 Å². The molecule has 4 nitrogen and oxygen atoms in total. The molecule has 0 aliphatic rings. The molecular formula is C26H24O4. The Morgan fingerprint density at radius 3 is 2.17 bits per heavy atom. The highest BCUT2D eigenvalue weighted by atomic mass is 16.5. The van der Waals surface area contributed by atoms with E-state index in [0.717, 1.165) is 11.1 Å². The van der Waals surface area contributed by atoms with E-state index in [2.05, 4.69) is 13.8 Å². The average Bonchev–Trinajstić information content (AvgIpc) is 2.77. The zero-order valence-electron chi connectivity index (χ0n) is 17.1. The van der Waals surface area contributed by atoms with E-state index in [1.165, 1.54) is 11.6 Å². The van der Waals surface area contributed by atoms with E-state index in [9.17, 15) is 9.59 Å². The number of hydrogen-bond acceptors (Lipinski definition) is 4. The Hall–Kier alpha value is -3.66. The lowest BCUT2D eigenvalue weighted by Gasteiger charge is -2.06. The number of ether oxygens (including phenoxy) is 2. The van der Waals surface area contributed by atoms with E-state index in [4.69, 9.17) is 9.47 Å². The SMILES string of the molecule is CC(C)c1ccc(/C=C/C(=O)Oc2ccc(C(=O)OCc3ccccc3)cc2)cc1. The van der Waals surface area contributed by atoms with Gasteiger partial charge in [-0.1, -0.05) is 68.4 Å². The maximum atomic E-state index is 12.1. The quantitative estimate of drug-likeness (QED) is 0.286. The van der Waals surface area contributed by atoms with Crippen molar-refractivity contribution in [3.8, 4) is 5.75 Å². The van der Waals surface area contributed by atoms with Crippen LogP contribution in [0.25, 0.3) is 6.08 Å². The zero-order chi connectivity index (χ0) is 21.3. The van der Waals surface area contributed by atoms with Gasteiger partial charge in [-0.3, -0.25) is 0 Å². The lowest BCUT2D eigenvalue weighted by Crippen LogP contribution is -2.06. The zero-order valence-corrected chi connectivity index (χ0v) is 17.1. The van der Waals surface area contributed by atoms with Crippen molar-refractivity contribution in [3.05, 3.63) is 107 Å². The van der Waals surface area contributed by atoms with Crippen LogP contribution in [0.2, 0.25) is 0 Å². The van der Waals surface area contributed by atoms with Crippen molar-refractivity contribution in [2.45, 2.75) is 26.4 Å². The molecule has 30 heavy (non-hydrogen) atoms. The number of esters is 2. The lowest BCUT2D eigenvalue weighted by molar-refractivity contribution is -0.128. The van der Waals surface area contributed by atoms with Gasteiger partial charge in [-0.05, 0) is 52.9 Å². The van der Waals surface area contributed by atoms with E-state index >= 15 is 0 Å². The minimum atomic E-state index is -0.484. The molecule has 0 aromatic heterocycles. The highest BCUT2D eigenvalue weighted by Gasteiger charge is 2.08. The summed E-state index contributed by atoms with van der Waals surface area (Å²) in [4.78, 5) is 24.2. The van der Waals surface area contributed by atoms with Gasteiger partial charge in [-0.25, -0.2) is 9.59 Å². The summed E-state index contributed by atoms with van der Waals surface area (Å²) < 4.78 is 10.6. The Bertz CT molecular complexity index is 1000. The number of benzene rings is 3. The molecular weight excluding hydrogens is 376 g/mol.